The first-order valence-electron chi connectivity index (χ1n) is 11.1. The highest BCUT2D eigenvalue weighted by Gasteiger charge is 2.28. The second-order valence-corrected chi connectivity index (χ2v) is 8.07. The van der Waals surface area contributed by atoms with Gasteiger partial charge in [0.25, 0.3) is 0 Å². The molecule has 2 unspecified atom stereocenters. The van der Waals surface area contributed by atoms with E-state index in [0.29, 0.717) is 18.1 Å². The van der Waals surface area contributed by atoms with Crippen LogP contribution in [-0.4, -0.2) is 58.0 Å². The number of anilines is 1. The molecule has 2 heterocycles. The van der Waals surface area contributed by atoms with Gasteiger partial charge in [-0.1, -0.05) is 49.4 Å². The van der Waals surface area contributed by atoms with Crippen LogP contribution in [0.5, 0.6) is 0 Å². The van der Waals surface area contributed by atoms with E-state index in [1.807, 2.05) is 37.3 Å². The van der Waals surface area contributed by atoms with Gasteiger partial charge in [-0.3, -0.25) is 10.00 Å². The number of ether oxygens (including phenoxy) is 1. The van der Waals surface area contributed by atoms with E-state index in [-0.39, 0.29) is 18.2 Å². The molecule has 1 aliphatic heterocycles. The van der Waals surface area contributed by atoms with E-state index in [4.69, 9.17) is 4.74 Å². The number of rotatable bonds is 7. The molecule has 4 rings (SSSR count). The van der Waals surface area contributed by atoms with Gasteiger partial charge in [-0.25, -0.2) is 9.78 Å². The van der Waals surface area contributed by atoms with Crippen molar-refractivity contribution in [1.29, 1.82) is 0 Å². The molecule has 0 spiro atoms. The fraction of sp³-hybridized carbons (Fsp3) is 0.375. The molecule has 3 N–H and O–H groups in total. The summed E-state index contributed by atoms with van der Waals surface area (Å²) in [7, 11) is 0. The first kappa shape index (κ1) is 22.0. The first-order valence-corrected chi connectivity index (χ1v) is 11.1. The highest BCUT2D eigenvalue weighted by atomic mass is 16.5. The van der Waals surface area contributed by atoms with Crippen molar-refractivity contribution in [3.8, 4) is 11.4 Å². The van der Waals surface area contributed by atoms with E-state index in [1.165, 1.54) is 5.56 Å². The van der Waals surface area contributed by atoms with Crippen LogP contribution in [0, 0.1) is 6.92 Å². The molecule has 3 aromatic rings. The van der Waals surface area contributed by atoms with Gasteiger partial charge in [0, 0.05) is 30.9 Å². The molecular formula is C24H30N6O2. The van der Waals surface area contributed by atoms with Crippen LogP contribution < -0.4 is 10.6 Å². The van der Waals surface area contributed by atoms with Crippen molar-refractivity contribution in [3.63, 3.8) is 0 Å². The zero-order valence-corrected chi connectivity index (χ0v) is 18.5. The molecule has 1 saturated heterocycles. The number of nitrogens with zero attached hydrogens (tertiary/aromatic N) is 3. The summed E-state index contributed by atoms with van der Waals surface area (Å²) in [4.78, 5) is 19.4. The van der Waals surface area contributed by atoms with Gasteiger partial charge < -0.3 is 15.4 Å². The molecule has 0 radical (unpaired) electrons. The number of morpholine rings is 1. The largest absolute Gasteiger partial charge is 0.373 e. The van der Waals surface area contributed by atoms with Gasteiger partial charge in [0.05, 0.1) is 18.8 Å². The molecule has 32 heavy (non-hydrogen) atoms. The van der Waals surface area contributed by atoms with Crippen LogP contribution in [-0.2, 0) is 11.3 Å². The average Bonchev–Trinajstić information content (AvgIpc) is 3.25. The maximum absolute atomic E-state index is 12.7. The maximum atomic E-state index is 12.7. The topological polar surface area (TPSA) is 95.2 Å². The predicted molar refractivity (Wildman–Crippen MR) is 124 cm³/mol. The minimum absolute atomic E-state index is 0.0502. The van der Waals surface area contributed by atoms with Gasteiger partial charge in [0.15, 0.2) is 5.82 Å². The number of amides is 2. The normalized spacial score (nSPS) is 17.6. The van der Waals surface area contributed by atoms with Gasteiger partial charge in [0.2, 0.25) is 0 Å². The summed E-state index contributed by atoms with van der Waals surface area (Å²) in [6.07, 6.45) is 0.735. The number of aromatic nitrogens is 3. The fourth-order valence-electron chi connectivity index (χ4n) is 3.96. The summed E-state index contributed by atoms with van der Waals surface area (Å²) < 4.78 is 6.03. The smallest absolute Gasteiger partial charge is 0.319 e. The molecule has 168 valence electrons. The highest BCUT2D eigenvalue weighted by molar-refractivity contribution is 5.90. The number of H-pyrrole nitrogens is 1. The van der Waals surface area contributed by atoms with Crippen molar-refractivity contribution in [2.24, 2.45) is 0 Å². The lowest BCUT2D eigenvalue weighted by atomic mass is 10.1. The highest BCUT2D eigenvalue weighted by Crippen LogP contribution is 2.20. The molecule has 0 aliphatic carbocycles. The molecule has 2 atom stereocenters. The van der Waals surface area contributed by atoms with Crippen molar-refractivity contribution < 1.29 is 9.53 Å². The molecule has 1 aromatic heterocycles. The Bertz CT molecular complexity index is 1020. The zero-order valence-electron chi connectivity index (χ0n) is 18.5. The molecule has 1 fully saturated rings. The van der Waals surface area contributed by atoms with Crippen molar-refractivity contribution in [1.82, 2.24) is 25.4 Å². The summed E-state index contributed by atoms with van der Waals surface area (Å²) in [5.41, 5.74) is 2.81. The number of aromatic amines is 1. The van der Waals surface area contributed by atoms with E-state index in [0.717, 1.165) is 37.4 Å². The van der Waals surface area contributed by atoms with E-state index in [1.54, 1.807) is 0 Å². The molecular weight excluding hydrogens is 404 g/mol. The van der Waals surface area contributed by atoms with Crippen LogP contribution in [0.1, 0.15) is 24.7 Å². The predicted octanol–water partition coefficient (Wildman–Crippen LogP) is 3.58. The number of nitrogens with one attached hydrogen (secondary N) is 3. The quantitative estimate of drug-likeness (QED) is 0.528. The van der Waals surface area contributed by atoms with Crippen LogP contribution in [0.4, 0.5) is 10.5 Å². The van der Waals surface area contributed by atoms with Crippen LogP contribution in [0.2, 0.25) is 0 Å². The summed E-state index contributed by atoms with van der Waals surface area (Å²) >= 11 is 0. The van der Waals surface area contributed by atoms with Crippen LogP contribution in [0.25, 0.3) is 11.4 Å². The lowest BCUT2D eigenvalue weighted by molar-refractivity contribution is -0.0474. The Labute approximate surface area is 188 Å². The number of urea groups is 1. The Morgan fingerprint density at radius 1 is 1.25 bits per heavy atom. The molecule has 2 aromatic carbocycles. The Balaban J connectivity index is 1.34. The first-order chi connectivity index (χ1) is 15.6. The minimum Gasteiger partial charge on any atom is -0.373 e. The lowest BCUT2D eigenvalue weighted by Crippen LogP contribution is -2.53. The number of benzene rings is 2. The fourth-order valence-corrected chi connectivity index (χ4v) is 3.96. The SMILES string of the molecule is CCC(NC(=O)Nc1cccc(-c2n[nH]c(C)n2)c1)C1CN(Cc2ccccc2)CCO1. The van der Waals surface area contributed by atoms with Crippen molar-refractivity contribution in [2.45, 2.75) is 39.0 Å². The maximum Gasteiger partial charge on any atom is 0.319 e. The van der Waals surface area contributed by atoms with Crippen LogP contribution in [0.15, 0.2) is 54.6 Å². The summed E-state index contributed by atoms with van der Waals surface area (Å²) in [5, 5.41) is 13.0. The number of carbonyl (C=O) groups excluding carboxylic acids is 1. The second-order valence-electron chi connectivity index (χ2n) is 8.07. The Morgan fingerprint density at radius 3 is 2.84 bits per heavy atom. The lowest BCUT2D eigenvalue weighted by Gasteiger charge is -2.37. The van der Waals surface area contributed by atoms with Gasteiger partial charge in [-0.2, -0.15) is 5.10 Å². The number of carbonyl (C=O) groups is 1. The monoisotopic (exact) mass is 434 g/mol. The number of hydrogen-bond donors (Lipinski definition) is 3. The average molecular weight is 435 g/mol. The van der Waals surface area contributed by atoms with Gasteiger partial charge in [-0.15, -0.1) is 0 Å². The van der Waals surface area contributed by atoms with Crippen molar-refractivity contribution >= 4 is 11.7 Å². The number of hydrogen-bond acceptors (Lipinski definition) is 5. The summed E-state index contributed by atoms with van der Waals surface area (Å²) in [5.74, 6) is 1.35. The molecule has 0 saturated carbocycles. The molecule has 8 nitrogen and oxygen atoms in total. The van der Waals surface area contributed by atoms with E-state index in [2.05, 4.69) is 61.9 Å². The minimum atomic E-state index is -0.246. The molecule has 1 aliphatic rings. The van der Waals surface area contributed by atoms with E-state index >= 15 is 0 Å². The number of aryl methyl sites for hydroxylation is 1. The third-order valence-electron chi connectivity index (χ3n) is 5.61. The second kappa shape index (κ2) is 10.4. The summed E-state index contributed by atoms with van der Waals surface area (Å²) in [6.45, 7) is 7.14. The summed E-state index contributed by atoms with van der Waals surface area (Å²) in [6, 6.07) is 17.6. The third-order valence-corrected chi connectivity index (χ3v) is 5.61. The Kier molecular flexibility index (Phi) is 7.14. The van der Waals surface area contributed by atoms with E-state index < -0.39 is 0 Å². The van der Waals surface area contributed by atoms with Gasteiger partial charge in [-0.05, 0) is 31.0 Å². The Hall–Kier alpha value is -3.23. The molecule has 8 heteroatoms. The van der Waals surface area contributed by atoms with Gasteiger partial charge >= 0.3 is 6.03 Å². The van der Waals surface area contributed by atoms with Crippen molar-refractivity contribution in [3.05, 3.63) is 66.0 Å². The molecule has 0 bridgehead atoms. The molecule has 2 amide bonds. The van der Waals surface area contributed by atoms with E-state index in [9.17, 15) is 4.79 Å². The Morgan fingerprint density at radius 2 is 2.09 bits per heavy atom. The van der Waals surface area contributed by atoms with Crippen LogP contribution in [0.3, 0.4) is 0 Å². The van der Waals surface area contributed by atoms with Crippen molar-refractivity contribution in [2.75, 3.05) is 25.0 Å². The third kappa shape index (κ3) is 5.72. The van der Waals surface area contributed by atoms with Crippen LogP contribution >= 0.6 is 0 Å². The van der Waals surface area contributed by atoms with Gasteiger partial charge in [0.1, 0.15) is 5.82 Å². The zero-order chi connectivity index (χ0) is 22.3. The standard InChI is InChI=1S/C24H30N6O2/c1-3-21(22-16-30(12-13-32-22)15-18-8-5-4-6-9-18)27-24(31)26-20-11-7-10-19(14-20)23-25-17(2)28-29-23/h4-11,14,21-22H,3,12-13,15-16H2,1-2H3,(H,25,28,29)(H2,26,27,31).